The molecule has 0 atom stereocenters. The molecule has 0 radical (unpaired) electrons. The lowest BCUT2D eigenvalue weighted by Gasteiger charge is -1.98. The van der Waals surface area contributed by atoms with Crippen LogP contribution in [-0.4, -0.2) is 0 Å². The maximum absolute atomic E-state index is 9.90. The third kappa shape index (κ3) is 4.07. The molecule has 0 fully saturated rings. The maximum Gasteiger partial charge on any atom is 0.286 e. The van der Waals surface area contributed by atoms with Crippen LogP contribution >= 0.6 is 7.59 Å². The third-order valence-electron chi connectivity index (χ3n) is 0.202. The van der Waals surface area contributed by atoms with Crippen LogP contribution in [0.3, 0.4) is 0 Å². The molecule has 0 aromatic heterocycles. The second kappa shape index (κ2) is 1.68. The summed E-state index contributed by atoms with van der Waals surface area (Å²) < 4.78 is 9.90. The lowest BCUT2D eigenvalue weighted by molar-refractivity contribution is 0.568. The molecule has 0 aliphatic carbocycles. The highest BCUT2D eigenvalue weighted by molar-refractivity contribution is 7.56. The zero-order valence-electron chi connectivity index (χ0n) is 3.09. The predicted octanol–water partition coefficient (Wildman–Crippen LogP) is -1.52. The molecule has 0 aliphatic heterocycles. The van der Waals surface area contributed by atoms with Crippen molar-refractivity contribution in [2.45, 2.75) is 0 Å². The van der Waals surface area contributed by atoms with Gasteiger partial charge in [0.15, 0.2) is 0 Å². The highest BCUT2D eigenvalue weighted by Gasteiger charge is 1.98. The van der Waals surface area contributed by atoms with E-state index in [-0.39, 0.29) is 0 Å². The molecule has 0 bridgehead atoms. The van der Waals surface area contributed by atoms with Crippen molar-refractivity contribution in [3.8, 4) is 0 Å². The van der Waals surface area contributed by atoms with E-state index in [1.54, 1.807) is 5.20 Å². The Morgan fingerprint density at radius 1 is 1.50 bits per heavy atom. The first-order valence-electron chi connectivity index (χ1n) is 1.21. The van der Waals surface area contributed by atoms with Gasteiger partial charge in [-0.1, -0.05) is 0 Å². The van der Waals surface area contributed by atoms with Crippen molar-refractivity contribution < 1.29 is 4.57 Å². The summed E-state index contributed by atoms with van der Waals surface area (Å²) in [5.74, 6) is 4.54. The van der Waals surface area contributed by atoms with Crippen molar-refractivity contribution in [1.82, 2.24) is 5.20 Å². The highest BCUT2D eigenvalue weighted by atomic mass is 31.2. The molecule has 0 amide bonds. The Morgan fingerprint density at radius 2 is 1.67 bits per heavy atom. The van der Waals surface area contributed by atoms with Crippen LogP contribution in [-0.2, 0) is 4.57 Å². The van der Waals surface area contributed by atoms with E-state index in [0.717, 1.165) is 0 Å². The topological polar surface area (TPSA) is 107 Å². The summed E-state index contributed by atoms with van der Waals surface area (Å²) in [6.07, 6.45) is 0. The van der Waals surface area contributed by atoms with E-state index in [4.69, 9.17) is 0 Å². The van der Waals surface area contributed by atoms with Gasteiger partial charge in [-0.3, -0.25) is 21.4 Å². The summed E-state index contributed by atoms with van der Waals surface area (Å²) in [4.78, 5) is 0. The van der Waals surface area contributed by atoms with Crippen LogP contribution in [0, 0.1) is 0 Å². The fraction of sp³-hybridized carbons (Fsp3) is 0. The van der Waals surface area contributed by atoms with Gasteiger partial charge in [0.2, 0.25) is 0 Å². The smallest absolute Gasteiger partial charge is 0.270 e. The summed E-state index contributed by atoms with van der Waals surface area (Å²) in [5.41, 5.74) is 9.26. The third-order valence-corrected chi connectivity index (χ3v) is 0.605. The number of hydrogen-bond donors (Lipinski definition) is 4. The van der Waals surface area contributed by atoms with Gasteiger partial charge in [0.1, 0.15) is 0 Å². The molecule has 0 aromatic carbocycles. The lowest BCUT2D eigenvalue weighted by Crippen LogP contribution is -2.27. The number of nitrogens with one attached hydrogen (secondary N) is 1. The van der Waals surface area contributed by atoms with Gasteiger partial charge in [0, 0.05) is 0 Å². The summed E-state index contributed by atoms with van der Waals surface area (Å²) in [5, 5.41) is 1.72. The van der Waals surface area contributed by atoms with E-state index >= 15 is 0 Å². The first-order valence-corrected chi connectivity index (χ1v) is 3.06. The molecule has 0 rings (SSSR count). The lowest BCUT2D eigenvalue weighted by atomic mass is 13.0. The van der Waals surface area contributed by atoms with Gasteiger partial charge < -0.3 is 0 Å². The predicted molar refractivity (Wildman–Crippen MR) is 23.3 cm³/mol. The Hall–Kier alpha value is 0.0700. The van der Waals surface area contributed by atoms with Gasteiger partial charge in [-0.2, -0.15) is 5.20 Å². The Morgan fingerprint density at radius 3 is 1.67 bits per heavy atom. The standard InChI is InChI=1S/H7N4OP/c1-4-6(2,3)5/h1H2,(H5,2,3,4,5). The molecular formula is H7N4OP. The summed E-state index contributed by atoms with van der Waals surface area (Å²) in [7, 11) is -3.12. The van der Waals surface area contributed by atoms with E-state index in [0.29, 0.717) is 0 Å². The van der Waals surface area contributed by atoms with Crippen LogP contribution in [0.25, 0.3) is 0 Å². The van der Waals surface area contributed by atoms with Crippen molar-refractivity contribution in [3.63, 3.8) is 0 Å². The average molecular weight is 110 g/mol. The fourth-order valence-electron chi connectivity index (χ4n) is 0. The summed E-state index contributed by atoms with van der Waals surface area (Å²) in [6.45, 7) is 0. The minimum atomic E-state index is -3.12. The number of nitrogens with two attached hydrogens (primary N) is 3. The van der Waals surface area contributed by atoms with E-state index < -0.39 is 7.59 Å². The minimum absolute atomic E-state index is 1.72. The zero-order chi connectivity index (χ0) is 5.21. The van der Waals surface area contributed by atoms with Gasteiger partial charge >= 0.3 is 0 Å². The van der Waals surface area contributed by atoms with Crippen LogP contribution in [0.2, 0.25) is 0 Å². The number of hydrogen-bond acceptors (Lipinski definition) is 2. The molecule has 0 aromatic rings. The summed E-state index contributed by atoms with van der Waals surface area (Å²) in [6, 6.07) is 0. The van der Waals surface area contributed by atoms with Gasteiger partial charge in [-0.05, 0) is 0 Å². The van der Waals surface area contributed by atoms with Crippen molar-refractivity contribution >= 4 is 7.59 Å². The van der Waals surface area contributed by atoms with Crippen molar-refractivity contribution in [1.29, 1.82) is 0 Å². The maximum atomic E-state index is 9.90. The molecule has 0 saturated carbocycles. The van der Waals surface area contributed by atoms with Crippen molar-refractivity contribution in [2.75, 3.05) is 0 Å². The molecule has 0 unspecified atom stereocenters. The van der Waals surface area contributed by atoms with Gasteiger partial charge in [0.25, 0.3) is 7.59 Å². The molecule has 0 aliphatic rings. The van der Waals surface area contributed by atoms with E-state index in [1.807, 2.05) is 0 Å². The zero-order valence-corrected chi connectivity index (χ0v) is 3.98. The number of rotatable bonds is 1. The van der Waals surface area contributed by atoms with Gasteiger partial charge in [0.05, 0.1) is 0 Å². The molecule has 0 heterocycles. The Kier molecular flexibility index (Phi) is 1.70. The highest BCUT2D eigenvalue weighted by Crippen LogP contribution is 2.12. The first-order chi connectivity index (χ1) is 2.56. The van der Waals surface area contributed by atoms with E-state index in [2.05, 4.69) is 16.9 Å². The molecule has 7 N–H and O–H groups in total. The fourth-order valence-corrected chi connectivity index (χ4v) is 0. The van der Waals surface area contributed by atoms with Crippen LogP contribution < -0.4 is 22.0 Å². The van der Waals surface area contributed by atoms with E-state index in [1.165, 1.54) is 0 Å². The van der Waals surface area contributed by atoms with Crippen LogP contribution in [0.4, 0.5) is 0 Å². The SMILES string of the molecule is NNP(N)(N)=O. The quantitative estimate of drug-likeness (QED) is 0.186. The Labute approximate surface area is 35.4 Å². The van der Waals surface area contributed by atoms with E-state index in [9.17, 15) is 4.57 Å². The Bertz CT molecular complexity index is 71.6. The largest absolute Gasteiger partial charge is 0.286 e. The van der Waals surface area contributed by atoms with Gasteiger partial charge in [-0.25, -0.2) is 0 Å². The molecule has 6 heteroatoms. The molecule has 5 nitrogen and oxygen atoms in total. The monoisotopic (exact) mass is 110 g/mol. The summed E-state index contributed by atoms with van der Waals surface area (Å²) >= 11 is 0. The normalized spacial score (nSPS) is 11.8. The van der Waals surface area contributed by atoms with Gasteiger partial charge in [-0.15, -0.1) is 0 Å². The second-order valence-electron chi connectivity index (χ2n) is 0.838. The Balaban J connectivity index is 3.48. The molecule has 0 spiro atoms. The van der Waals surface area contributed by atoms with Crippen LogP contribution in [0.15, 0.2) is 0 Å². The number of hydrazine groups is 1. The second-order valence-corrected chi connectivity index (χ2v) is 2.52. The molecule has 0 saturated heterocycles. The first kappa shape index (κ1) is 6.07. The molecule has 6 heavy (non-hydrogen) atoms. The molecular weight excluding hydrogens is 103 g/mol. The average Bonchev–Trinajstić information content (AvgIpc) is 1.35. The van der Waals surface area contributed by atoms with Crippen molar-refractivity contribution in [2.24, 2.45) is 16.9 Å². The van der Waals surface area contributed by atoms with Crippen molar-refractivity contribution in [3.05, 3.63) is 0 Å². The minimum Gasteiger partial charge on any atom is -0.270 e. The van der Waals surface area contributed by atoms with Crippen LogP contribution in [0.1, 0.15) is 0 Å². The molecule has 38 valence electrons. The van der Waals surface area contributed by atoms with Crippen LogP contribution in [0.5, 0.6) is 0 Å².